The first-order valence-electron chi connectivity index (χ1n) is 8.75. The molecule has 0 unspecified atom stereocenters. The van der Waals surface area contributed by atoms with E-state index in [1.54, 1.807) is 0 Å². The molecule has 140 valence electrons. The Bertz CT molecular complexity index is 725. The zero-order valence-corrected chi connectivity index (χ0v) is 16.4. The number of hydrogen-bond donors (Lipinski definition) is 2. The fourth-order valence-corrected chi connectivity index (χ4v) is 5.44. The van der Waals surface area contributed by atoms with Gasteiger partial charge in [0.25, 0.3) is 0 Å². The highest BCUT2D eigenvalue weighted by Gasteiger charge is 2.34. The molecule has 1 saturated heterocycles. The van der Waals surface area contributed by atoms with Crippen LogP contribution in [-0.2, 0) is 14.8 Å². The third-order valence-electron chi connectivity index (χ3n) is 5.16. The van der Waals surface area contributed by atoms with Gasteiger partial charge in [0.15, 0.2) is 0 Å². The SMILES string of the molecule is Cc1cc(C)c(C)c(S(=O)(=O)N2CCC(C(=O)NCCN)CC2)c1C. The maximum Gasteiger partial charge on any atom is 0.243 e. The lowest BCUT2D eigenvalue weighted by Gasteiger charge is -2.31. The van der Waals surface area contributed by atoms with Gasteiger partial charge in [0.1, 0.15) is 0 Å². The highest BCUT2D eigenvalue weighted by Crippen LogP contribution is 2.31. The van der Waals surface area contributed by atoms with E-state index < -0.39 is 10.0 Å². The monoisotopic (exact) mass is 367 g/mol. The van der Waals surface area contributed by atoms with Gasteiger partial charge in [-0.05, 0) is 62.8 Å². The molecular formula is C18H29N3O3S. The van der Waals surface area contributed by atoms with Crippen LogP contribution in [0.2, 0.25) is 0 Å². The van der Waals surface area contributed by atoms with Gasteiger partial charge in [0.05, 0.1) is 4.90 Å². The van der Waals surface area contributed by atoms with Crippen LogP contribution in [0.1, 0.15) is 35.1 Å². The number of rotatable bonds is 5. The number of aryl methyl sites for hydroxylation is 2. The van der Waals surface area contributed by atoms with E-state index in [0.717, 1.165) is 22.3 Å². The Balaban J connectivity index is 2.20. The van der Waals surface area contributed by atoms with E-state index >= 15 is 0 Å². The average molecular weight is 368 g/mol. The Hall–Kier alpha value is -1.44. The van der Waals surface area contributed by atoms with Crippen molar-refractivity contribution in [1.82, 2.24) is 9.62 Å². The lowest BCUT2D eigenvalue weighted by molar-refractivity contribution is -0.126. The van der Waals surface area contributed by atoms with Gasteiger partial charge in [-0.1, -0.05) is 6.07 Å². The number of carbonyl (C=O) groups is 1. The van der Waals surface area contributed by atoms with Crippen LogP contribution in [0.4, 0.5) is 0 Å². The molecular weight excluding hydrogens is 338 g/mol. The van der Waals surface area contributed by atoms with Crippen molar-refractivity contribution in [3.63, 3.8) is 0 Å². The molecule has 7 heteroatoms. The first-order chi connectivity index (χ1) is 11.7. The summed E-state index contributed by atoms with van der Waals surface area (Å²) in [6.45, 7) is 9.21. The van der Waals surface area contributed by atoms with Crippen LogP contribution in [0.15, 0.2) is 11.0 Å². The number of piperidine rings is 1. The molecule has 25 heavy (non-hydrogen) atoms. The summed E-state index contributed by atoms with van der Waals surface area (Å²) in [5.41, 5.74) is 8.99. The molecule has 1 heterocycles. The first-order valence-corrected chi connectivity index (χ1v) is 10.2. The number of sulfonamides is 1. The van der Waals surface area contributed by atoms with Crippen molar-refractivity contribution < 1.29 is 13.2 Å². The van der Waals surface area contributed by atoms with Crippen molar-refractivity contribution in [3.8, 4) is 0 Å². The van der Waals surface area contributed by atoms with Crippen LogP contribution in [0.5, 0.6) is 0 Å². The Morgan fingerprint density at radius 1 is 1.16 bits per heavy atom. The second-order valence-electron chi connectivity index (χ2n) is 6.85. The van der Waals surface area contributed by atoms with Crippen LogP contribution in [0, 0.1) is 33.6 Å². The summed E-state index contributed by atoms with van der Waals surface area (Å²) in [6.07, 6.45) is 1.08. The molecule has 0 aromatic heterocycles. The molecule has 0 atom stereocenters. The standard InChI is InChI=1S/C18H29N3O3S/c1-12-11-13(2)15(4)17(14(12)3)25(23,24)21-9-5-16(6-10-21)18(22)20-8-7-19/h11,16H,5-10,19H2,1-4H3,(H,20,22). The smallest absolute Gasteiger partial charge is 0.243 e. The zero-order chi connectivity index (χ0) is 18.8. The second-order valence-corrected chi connectivity index (χ2v) is 8.72. The minimum atomic E-state index is -3.55. The quantitative estimate of drug-likeness (QED) is 0.823. The van der Waals surface area contributed by atoms with Gasteiger partial charge in [0, 0.05) is 32.1 Å². The number of nitrogens with zero attached hydrogens (tertiary/aromatic N) is 1. The Morgan fingerprint density at radius 2 is 1.68 bits per heavy atom. The molecule has 1 aromatic carbocycles. The van der Waals surface area contributed by atoms with Crippen molar-refractivity contribution in [2.45, 2.75) is 45.4 Å². The van der Waals surface area contributed by atoms with Gasteiger partial charge in [-0.2, -0.15) is 4.31 Å². The lowest BCUT2D eigenvalue weighted by Crippen LogP contribution is -2.44. The summed E-state index contributed by atoms with van der Waals surface area (Å²) in [4.78, 5) is 12.5. The summed E-state index contributed by atoms with van der Waals surface area (Å²) < 4.78 is 27.9. The minimum Gasteiger partial charge on any atom is -0.355 e. The van der Waals surface area contributed by atoms with Crippen molar-refractivity contribution >= 4 is 15.9 Å². The summed E-state index contributed by atoms with van der Waals surface area (Å²) in [6, 6.07) is 2.03. The average Bonchev–Trinajstić information content (AvgIpc) is 2.58. The molecule has 3 N–H and O–H groups in total. The number of benzene rings is 1. The fraction of sp³-hybridized carbons (Fsp3) is 0.611. The van der Waals surface area contributed by atoms with Gasteiger partial charge in [0.2, 0.25) is 15.9 Å². The summed E-state index contributed by atoms with van der Waals surface area (Å²) in [5.74, 6) is -0.166. The van der Waals surface area contributed by atoms with Crippen LogP contribution >= 0.6 is 0 Å². The van der Waals surface area contributed by atoms with Crippen molar-refractivity contribution in [2.24, 2.45) is 11.7 Å². The molecule has 0 aliphatic carbocycles. The van der Waals surface area contributed by atoms with E-state index in [-0.39, 0.29) is 11.8 Å². The highest BCUT2D eigenvalue weighted by molar-refractivity contribution is 7.89. The van der Waals surface area contributed by atoms with Crippen molar-refractivity contribution in [2.75, 3.05) is 26.2 Å². The molecule has 1 aliphatic heterocycles. The summed E-state index contributed by atoms with van der Waals surface area (Å²) in [7, 11) is -3.55. The van der Waals surface area contributed by atoms with E-state index in [2.05, 4.69) is 5.32 Å². The molecule has 0 spiro atoms. The summed E-state index contributed by atoms with van der Waals surface area (Å²) >= 11 is 0. The lowest BCUT2D eigenvalue weighted by atomic mass is 9.97. The molecule has 1 aliphatic rings. The first kappa shape index (κ1) is 19.9. The maximum atomic E-state index is 13.2. The molecule has 6 nitrogen and oxygen atoms in total. The van der Waals surface area contributed by atoms with Gasteiger partial charge in [-0.3, -0.25) is 4.79 Å². The minimum absolute atomic E-state index is 0.0266. The van der Waals surface area contributed by atoms with Crippen molar-refractivity contribution in [3.05, 3.63) is 28.3 Å². The van der Waals surface area contributed by atoms with Crippen LogP contribution in [-0.4, -0.2) is 44.8 Å². The normalized spacial score (nSPS) is 16.8. The number of amides is 1. The zero-order valence-electron chi connectivity index (χ0n) is 15.6. The fourth-order valence-electron chi connectivity index (χ4n) is 3.39. The number of nitrogens with one attached hydrogen (secondary N) is 1. The Morgan fingerprint density at radius 3 is 2.16 bits per heavy atom. The molecule has 0 saturated carbocycles. The van der Waals surface area contributed by atoms with Gasteiger partial charge >= 0.3 is 0 Å². The van der Waals surface area contributed by atoms with Gasteiger partial charge in [-0.25, -0.2) is 8.42 Å². The second kappa shape index (κ2) is 7.85. The summed E-state index contributed by atoms with van der Waals surface area (Å²) in [5, 5.41) is 2.79. The van der Waals surface area contributed by atoms with E-state index in [9.17, 15) is 13.2 Å². The van der Waals surface area contributed by atoms with Crippen LogP contribution in [0.25, 0.3) is 0 Å². The van der Waals surface area contributed by atoms with E-state index in [1.165, 1.54) is 4.31 Å². The topological polar surface area (TPSA) is 92.5 Å². The van der Waals surface area contributed by atoms with Crippen LogP contribution in [0.3, 0.4) is 0 Å². The van der Waals surface area contributed by atoms with E-state index in [1.807, 2.05) is 33.8 Å². The largest absolute Gasteiger partial charge is 0.355 e. The van der Waals surface area contributed by atoms with E-state index in [0.29, 0.717) is 43.9 Å². The molecule has 2 rings (SSSR count). The number of nitrogens with two attached hydrogens (primary N) is 1. The van der Waals surface area contributed by atoms with Crippen LogP contribution < -0.4 is 11.1 Å². The maximum absolute atomic E-state index is 13.2. The highest BCUT2D eigenvalue weighted by atomic mass is 32.2. The molecule has 0 radical (unpaired) electrons. The molecule has 1 fully saturated rings. The third kappa shape index (κ3) is 4.04. The predicted molar refractivity (Wildman–Crippen MR) is 98.9 cm³/mol. The van der Waals surface area contributed by atoms with Crippen molar-refractivity contribution in [1.29, 1.82) is 0 Å². The third-order valence-corrected chi connectivity index (χ3v) is 7.34. The number of hydrogen-bond acceptors (Lipinski definition) is 4. The predicted octanol–water partition coefficient (Wildman–Crippen LogP) is 1.40. The number of carbonyl (C=O) groups excluding carboxylic acids is 1. The molecule has 1 amide bonds. The van der Waals surface area contributed by atoms with Gasteiger partial charge < -0.3 is 11.1 Å². The molecule has 0 bridgehead atoms. The van der Waals surface area contributed by atoms with E-state index in [4.69, 9.17) is 5.73 Å². The Labute approximate surface area is 150 Å². The Kier molecular flexibility index (Phi) is 6.24. The molecule has 1 aromatic rings. The van der Waals surface area contributed by atoms with Gasteiger partial charge in [-0.15, -0.1) is 0 Å².